The molecule has 8 heteroatoms. The lowest BCUT2D eigenvalue weighted by atomic mass is 10.1. The van der Waals surface area contributed by atoms with Gasteiger partial charge in [0.2, 0.25) is 0 Å². The molecule has 1 heterocycles. The van der Waals surface area contributed by atoms with Gasteiger partial charge in [0.05, 0.1) is 17.7 Å². The third kappa shape index (κ3) is 4.76. The van der Waals surface area contributed by atoms with Crippen molar-refractivity contribution in [1.82, 2.24) is 0 Å². The molecule has 0 radical (unpaired) electrons. The summed E-state index contributed by atoms with van der Waals surface area (Å²) in [5.74, 6) is 0.245. The Morgan fingerprint density at radius 1 is 0.939 bits per heavy atom. The van der Waals surface area contributed by atoms with Crippen molar-refractivity contribution in [2.75, 3.05) is 23.8 Å². The number of nitrogens with one attached hydrogen (secondary N) is 1. The summed E-state index contributed by atoms with van der Waals surface area (Å²) in [5.41, 5.74) is 2.30. The lowest BCUT2D eigenvalue weighted by molar-refractivity contribution is 0.102. The lowest BCUT2D eigenvalue weighted by Gasteiger charge is -2.20. The quantitative estimate of drug-likeness (QED) is 0.381. The highest BCUT2D eigenvalue weighted by molar-refractivity contribution is 7.92. The van der Waals surface area contributed by atoms with Crippen LogP contribution in [0, 0.1) is 0 Å². The van der Waals surface area contributed by atoms with Gasteiger partial charge in [-0.2, -0.15) is 0 Å². The molecule has 0 fully saturated rings. The Morgan fingerprint density at radius 2 is 1.70 bits per heavy atom. The van der Waals surface area contributed by atoms with E-state index < -0.39 is 10.0 Å². The number of sulfonamides is 1. The van der Waals surface area contributed by atoms with Crippen LogP contribution in [0.2, 0.25) is 0 Å². The van der Waals surface area contributed by atoms with Crippen molar-refractivity contribution in [2.24, 2.45) is 0 Å². The number of nitrogens with zero attached hydrogens (tertiary/aromatic N) is 1. The normalized spacial score (nSPS) is 11.1. The van der Waals surface area contributed by atoms with E-state index in [0.717, 1.165) is 10.4 Å². The number of anilines is 2. The van der Waals surface area contributed by atoms with Crippen LogP contribution in [0.5, 0.6) is 5.75 Å². The van der Waals surface area contributed by atoms with Crippen molar-refractivity contribution < 1.29 is 17.9 Å². The van der Waals surface area contributed by atoms with E-state index in [-0.39, 0.29) is 16.4 Å². The maximum atomic E-state index is 13.2. The van der Waals surface area contributed by atoms with Gasteiger partial charge >= 0.3 is 0 Å². The standard InChI is InChI=1S/C25H22N2O4S2/c1-27(19-12-14-20(31-2)15-13-19)33(29,30)21-8-5-7-18(17-21)25(28)26-23-10-4-3-9-22(23)24-11-6-16-32-24/h3-17H,1-2H3,(H,26,28). The molecule has 0 atom stereocenters. The first-order chi connectivity index (χ1) is 15.9. The van der Waals surface area contributed by atoms with Crippen molar-refractivity contribution in [3.05, 3.63) is 95.9 Å². The Labute approximate surface area is 197 Å². The minimum atomic E-state index is -3.87. The van der Waals surface area contributed by atoms with E-state index in [1.165, 1.54) is 23.5 Å². The minimum absolute atomic E-state index is 0.0278. The number of rotatable bonds is 7. The number of hydrogen-bond acceptors (Lipinski definition) is 5. The molecular formula is C25H22N2O4S2. The molecule has 3 aromatic carbocycles. The van der Waals surface area contributed by atoms with Crippen molar-refractivity contribution in [3.8, 4) is 16.2 Å². The Bertz CT molecular complexity index is 1370. The van der Waals surface area contributed by atoms with Gasteiger partial charge < -0.3 is 10.1 Å². The monoisotopic (exact) mass is 478 g/mol. The van der Waals surface area contributed by atoms with Crippen LogP contribution in [0.1, 0.15) is 10.4 Å². The van der Waals surface area contributed by atoms with Gasteiger partial charge in [0, 0.05) is 28.7 Å². The molecule has 0 aliphatic rings. The summed E-state index contributed by atoms with van der Waals surface area (Å²) >= 11 is 1.58. The van der Waals surface area contributed by atoms with Gasteiger partial charge in [0.25, 0.3) is 15.9 Å². The summed E-state index contributed by atoms with van der Waals surface area (Å²) in [5, 5.41) is 4.89. The molecule has 1 aromatic heterocycles. The average Bonchev–Trinajstić information content (AvgIpc) is 3.39. The summed E-state index contributed by atoms with van der Waals surface area (Å²) < 4.78 is 32.7. The summed E-state index contributed by atoms with van der Waals surface area (Å²) in [4.78, 5) is 14.1. The van der Waals surface area contributed by atoms with Crippen LogP contribution in [-0.2, 0) is 10.0 Å². The van der Waals surface area contributed by atoms with Crippen LogP contribution in [-0.4, -0.2) is 28.5 Å². The Morgan fingerprint density at radius 3 is 2.39 bits per heavy atom. The van der Waals surface area contributed by atoms with Gasteiger partial charge in [-0.15, -0.1) is 11.3 Å². The third-order valence-corrected chi connectivity index (χ3v) is 7.84. The molecule has 4 aromatic rings. The molecule has 1 amide bonds. The molecule has 0 spiro atoms. The van der Waals surface area contributed by atoms with Gasteiger partial charge in [-0.05, 0) is 60.0 Å². The molecule has 0 saturated carbocycles. The number of para-hydroxylation sites is 1. The summed E-state index contributed by atoms with van der Waals surface area (Å²) in [6.07, 6.45) is 0. The number of ether oxygens (including phenoxy) is 1. The zero-order valence-corrected chi connectivity index (χ0v) is 19.7. The van der Waals surface area contributed by atoms with Gasteiger partial charge in [-0.25, -0.2) is 8.42 Å². The predicted octanol–water partition coefficient (Wildman–Crippen LogP) is 5.50. The number of methoxy groups -OCH3 is 1. The summed E-state index contributed by atoms with van der Waals surface area (Å²) in [6, 6.07) is 24.2. The van der Waals surface area contributed by atoms with Crippen molar-refractivity contribution in [1.29, 1.82) is 0 Å². The highest BCUT2D eigenvalue weighted by atomic mass is 32.2. The van der Waals surface area contributed by atoms with E-state index >= 15 is 0 Å². The number of carbonyl (C=O) groups excluding carboxylic acids is 1. The summed E-state index contributed by atoms with van der Waals surface area (Å²) in [6.45, 7) is 0. The SMILES string of the molecule is COc1ccc(N(C)S(=O)(=O)c2cccc(C(=O)Nc3ccccc3-c3cccs3)c2)cc1. The predicted molar refractivity (Wildman–Crippen MR) is 133 cm³/mol. The highest BCUT2D eigenvalue weighted by Gasteiger charge is 2.23. The molecule has 0 unspecified atom stereocenters. The maximum absolute atomic E-state index is 13.2. The van der Waals surface area contributed by atoms with Crippen molar-refractivity contribution >= 4 is 38.6 Å². The van der Waals surface area contributed by atoms with E-state index in [0.29, 0.717) is 17.1 Å². The van der Waals surface area contributed by atoms with Gasteiger partial charge in [0.15, 0.2) is 0 Å². The van der Waals surface area contributed by atoms with Crippen LogP contribution in [0.4, 0.5) is 11.4 Å². The van der Waals surface area contributed by atoms with Crippen LogP contribution < -0.4 is 14.4 Å². The largest absolute Gasteiger partial charge is 0.497 e. The molecule has 6 nitrogen and oxygen atoms in total. The molecule has 0 saturated heterocycles. The Hall–Kier alpha value is -3.62. The second-order valence-electron chi connectivity index (χ2n) is 7.18. The number of benzene rings is 3. The number of amides is 1. The lowest BCUT2D eigenvalue weighted by Crippen LogP contribution is -2.26. The number of carbonyl (C=O) groups is 1. The van der Waals surface area contributed by atoms with Gasteiger partial charge in [-0.1, -0.05) is 30.3 Å². The fourth-order valence-electron chi connectivity index (χ4n) is 3.32. The average molecular weight is 479 g/mol. The molecular weight excluding hydrogens is 456 g/mol. The molecule has 0 aliphatic carbocycles. The molecule has 0 aliphatic heterocycles. The van der Waals surface area contributed by atoms with E-state index in [4.69, 9.17) is 4.74 Å². The van der Waals surface area contributed by atoms with Crippen LogP contribution in [0.25, 0.3) is 10.4 Å². The molecule has 0 bridgehead atoms. The smallest absolute Gasteiger partial charge is 0.264 e. The van der Waals surface area contributed by atoms with E-state index in [1.807, 2.05) is 41.8 Å². The van der Waals surface area contributed by atoms with E-state index in [1.54, 1.807) is 54.8 Å². The molecule has 168 valence electrons. The Balaban J connectivity index is 1.59. The molecule has 1 N–H and O–H groups in total. The first kappa shape index (κ1) is 22.6. The maximum Gasteiger partial charge on any atom is 0.264 e. The zero-order valence-electron chi connectivity index (χ0n) is 18.1. The fourth-order valence-corrected chi connectivity index (χ4v) is 5.33. The van der Waals surface area contributed by atoms with Gasteiger partial charge in [-0.3, -0.25) is 9.10 Å². The topological polar surface area (TPSA) is 75.7 Å². The second kappa shape index (κ2) is 9.48. The van der Waals surface area contributed by atoms with E-state index in [9.17, 15) is 13.2 Å². The molecule has 4 rings (SSSR count). The van der Waals surface area contributed by atoms with Crippen LogP contribution in [0.15, 0.2) is 95.2 Å². The van der Waals surface area contributed by atoms with Gasteiger partial charge in [0.1, 0.15) is 5.75 Å². The first-order valence-electron chi connectivity index (χ1n) is 10.1. The van der Waals surface area contributed by atoms with E-state index in [2.05, 4.69) is 5.32 Å². The van der Waals surface area contributed by atoms with Crippen molar-refractivity contribution in [2.45, 2.75) is 4.90 Å². The zero-order chi connectivity index (χ0) is 23.4. The first-order valence-corrected chi connectivity index (χ1v) is 12.4. The molecule has 33 heavy (non-hydrogen) atoms. The number of thiophene rings is 1. The van der Waals surface area contributed by atoms with Crippen LogP contribution in [0.3, 0.4) is 0 Å². The minimum Gasteiger partial charge on any atom is -0.497 e. The van der Waals surface area contributed by atoms with Crippen molar-refractivity contribution in [3.63, 3.8) is 0 Å². The second-order valence-corrected chi connectivity index (χ2v) is 10.1. The summed E-state index contributed by atoms with van der Waals surface area (Å²) in [7, 11) is -0.850. The van der Waals surface area contributed by atoms with Crippen LogP contribution >= 0.6 is 11.3 Å². The Kier molecular flexibility index (Phi) is 6.48. The highest BCUT2D eigenvalue weighted by Crippen LogP contribution is 2.32. The fraction of sp³-hybridized carbons (Fsp3) is 0.0800. The number of hydrogen-bond donors (Lipinski definition) is 1. The third-order valence-electron chi connectivity index (χ3n) is 5.15.